The first-order valence-electron chi connectivity index (χ1n) is 6.60. The zero-order valence-electron chi connectivity index (χ0n) is 11.1. The third-order valence-electron chi connectivity index (χ3n) is 3.28. The SMILES string of the molecule is Nc1ccc(/C=C/C(=O)NC(CC(=O)O)C2CC2)cc1. The number of aliphatic carboxylic acids is 1. The van der Waals surface area contributed by atoms with E-state index < -0.39 is 5.97 Å². The highest BCUT2D eigenvalue weighted by Gasteiger charge is 2.33. The van der Waals surface area contributed by atoms with Crippen molar-refractivity contribution in [1.29, 1.82) is 0 Å². The quantitative estimate of drug-likeness (QED) is 0.543. The standard InChI is InChI=1S/C15H18N2O3/c16-12-6-1-10(2-7-12)3-8-14(18)17-13(9-15(19)20)11-4-5-11/h1-3,6-8,11,13H,4-5,9,16H2,(H,17,18)(H,19,20)/b8-3+. The van der Waals surface area contributed by atoms with Gasteiger partial charge < -0.3 is 16.2 Å². The van der Waals surface area contributed by atoms with Crippen LogP contribution in [0.3, 0.4) is 0 Å². The van der Waals surface area contributed by atoms with Crippen molar-refractivity contribution in [2.45, 2.75) is 25.3 Å². The number of amides is 1. The molecule has 1 aromatic rings. The Kier molecular flexibility index (Phi) is 4.40. The molecule has 1 atom stereocenters. The summed E-state index contributed by atoms with van der Waals surface area (Å²) in [5.41, 5.74) is 7.12. The summed E-state index contributed by atoms with van der Waals surface area (Å²) in [7, 11) is 0. The minimum atomic E-state index is -0.885. The van der Waals surface area contributed by atoms with Crippen molar-refractivity contribution in [3.63, 3.8) is 0 Å². The van der Waals surface area contributed by atoms with Gasteiger partial charge in [0.15, 0.2) is 0 Å². The smallest absolute Gasteiger partial charge is 0.305 e. The van der Waals surface area contributed by atoms with Gasteiger partial charge in [-0.05, 0) is 42.5 Å². The molecular formula is C15H18N2O3. The number of carboxylic acids is 1. The maximum absolute atomic E-state index is 11.8. The molecule has 0 saturated heterocycles. The Hall–Kier alpha value is -2.30. The first-order chi connectivity index (χ1) is 9.54. The zero-order valence-corrected chi connectivity index (χ0v) is 11.1. The largest absolute Gasteiger partial charge is 0.481 e. The van der Waals surface area contributed by atoms with E-state index in [4.69, 9.17) is 10.8 Å². The van der Waals surface area contributed by atoms with Gasteiger partial charge in [0.25, 0.3) is 0 Å². The molecule has 0 heterocycles. The van der Waals surface area contributed by atoms with Gasteiger partial charge in [-0.3, -0.25) is 9.59 Å². The average molecular weight is 274 g/mol. The van der Waals surface area contributed by atoms with Gasteiger partial charge in [-0.25, -0.2) is 0 Å². The van der Waals surface area contributed by atoms with Gasteiger partial charge >= 0.3 is 5.97 Å². The Labute approximate surface area is 117 Å². The monoisotopic (exact) mass is 274 g/mol. The molecule has 1 aliphatic rings. The van der Waals surface area contributed by atoms with E-state index in [9.17, 15) is 9.59 Å². The summed E-state index contributed by atoms with van der Waals surface area (Å²) in [5, 5.41) is 11.6. The third-order valence-corrected chi connectivity index (χ3v) is 3.28. The van der Waals surface area contributed by atoms with Crippen molar-refractivity contribution in [2.24, 2.45) is 5.92 Å². The molecule has 1 aromatic carbocycles. The van der Waals surface area contributed by atoms with Crippen LogP contribution in [0.15, 0.2) is 30.3 Å². The lowest BCUT2D eigenvalue weighted by Gasteiger charge is -2.14. The number of rotatable bonds is 6. The van der Waals surface area contributed by atoms with Crippen LogP contribution in [0.25, 0.3) is 6.08 Å². The molecule has 5 nitrogen and oxygen atoms in total. The maximum Gasteiger partial charge on any atom is 0.305 e. The molecular weight excluding hydrogens is 256 g/mol. The zero-order chi connectivity index (χ0) is 14.5. The van der Waals surface area contributed by atoms with Crippen LogP contribution in [0.4, 0.5) is 5.69 Å². The molecule has 2 rings (SSSR count). The lowest BCUT2D eigenvalue weighted by molar-refractivity contribution is -0.137. The predicted molar refractivity (Wildman–Crippen MR) is 76.8 cm³/mol. The van der Waals surface area contributed by atoms with Crippen LogP contribution in [-0.2, 0) is 9.59 Å². The lowest BCUT2D eigenvalue weighted by Crippen LogP contribution is -2.37. The van der Waals surface area contributed by atoms with Gasteiger partial charge in [0.2, 0.25) is 5.91 Å². The van der Waals surface area contributed by atoms with Crippen LogP contribution in [0, 0.1) is 5.92 Å². The summed E-state index contributed by atoms with van der Waals surface area (Å²) in [6.45, 7) is 0. The van der Waals surface area contributed by atoms with Crippen molar-refractivity contribution in [3.05, 3.63) is 35.9 Å². The van der Waals surface area contributed by atoms with Gasteiger partial charge in [-0.1, -0.05) is 12.1 Å². The summed E-state index contributed by atoms with van der Waals surface area (Å²) >= 11 is 0. The number of carbonyl (C=O) groups is 2. The Morgan fingerprint density at radius 1 is 1.35 bits per heavy atom. The fraction of sp³-hybridized carbons (Fsp3) is 0.333. The summed E-state index contributed by atoms with van der Waals surface area (Å²) in [6, 6.07) is 6.88. The van der Waals surface area contributed by atoms with Crippen molar-refractivity contribution < 1.29 is 14.7 Å². The molecule has 106 valence electrons. The number of carboxylic acid groups (broad SMARTS) is 1. The van der Waals surface area contributed by atoms with Crippen LogP contribution in [-0.4, -0.2) is 23.0 Å². The van der Waals surface area contributed by atoms with E-state index in [1.54, 1.807) is 18.2 Å². The van der Waals surface area contributed by atoms with Crippen molar-refractivity contribution >= 4 is 23.6 Å². The van der Waals surface area contributed by atoms with E-state index in [0.29, 0.717) is 11.6 Å². The second-order valence-electron chi connectivity index (χ2n) is 5.05. The molecule has 0 radical (unpaired) electrons. The third kappa shape index (κ3) is 4.42. The minimum Gasteiger partial charge on any atom is -0.481 e. The molecule has 1 amide bonds. The molecule has 20 heavy (non-hydrogen) atoms. The van der Waals surface area contributed by atoms with E-state index in [0.717, 1.165) is 18.4 Å². The van der Waals surface area contributed by atoms with Crippen LogP contribution >= 0.6 is 0 Å². The summed E-state index contributed by atoms with van der Waals surface area (Å²) in [6.07, 6.45) is 5.05. The van der Waals surface area contributed by atoms with Gasteiger partial charge in [0, 0.05) is 17.8 Å². The second-order valence-corrected chi connectivity index (χ2v) is 5.05. The lowest BCUT2D eigenvalue weighted by atomic mass is 10.1. The average Bonchev–Trinajstić information content (AvgIpc) is 3.21. The number of anilines is 1. The van der Waals surface area contributed by atoms with Crippen LogP contribution in [0.5, 0.6) is 0 Å². The number of carbonyl (C=O) groups excluding carboxylic acids is 1. The van der Waals surface area contributed by atoms with Crippen LogP contribution < -0.4 is 11.1 Å². The van der Waals surface area contributed by atoms with E-state index in [-0.39, 0.29) is 18.4 Å². The molecule has 0 spiro atoms. The van der Waals surface area contributed by atoms with Crippen LogP contribution in [0.1, 0.15) is 24.8 Å². The number of nitrogens with one attached hydrogen (secondary N) is 1. The number of hydrogen-bond acceptors (Lipinski definition) is 3. The maximum atomic E-state index is 11.8. The highest BCUT2D eigenvalue weighted by Crippen LogP contribution is 2.34. The molecule has 0 bridgehead atoms. The molecule has 1 aliphatic carbocycles. The minimum absolute atomic E-state index is 0.0217. The van der Waals surface area contributed by atoms with Crippen molar-refractivity contribution in [2.75, 3.05) is 5.73 Å². The highest BCUT2D eigenvalue weighted by molar-refractivity contribution is 5.92. The molecule has 4 N–H and O–H groups in total. The van der Waals surface area contributed by atoms with Crippen molar-refractivity contribution in [1.82, 2.24) is 5.32 Å². The Balaban J connectivity index is 1.90. The van der Waals surface area contributed by atoms with Gasteiger partial charge in [-0.15, -0.1) is 0 Å². The Morgan fingerprint density at radius 2 is 2.00 bits per heavy atom. The summed E-state index contributed by atoms with van der Waals surface area (Å²) < 4.78 is 0. The van der Waals surface area contributed by atoms with Gasteiger partial charge in [-0.2, -0.15) is 0 Å². The molecule has 1 unspecified atom stereocenters. The topological polar surface area (TPSA) is 92.4 Å². The van der Waals surface area contributed by atoms with Gasteiger partial charge in [0.05, 0.1) is 6.42 Å². The number of nitrogens with two attached hydrogens (primary N) is 1. The summed E-state index contributed by atoms with van der Waals surface area (Å²) in [5.74, 6) is -0.843. The first kappa shape index (κ1) is 14.1. The van der Waals surface area contributed by atoms with Gasteiger partial charge in [0.1, 0.15) is 0 Å². The number of nitrogen functional groups attached to an aromatic ring is 1. The number of hydrogen-bond donors (Lipinski definition) is 3. The molecule has 0 aromatic heterocycles. The molecule has 5 heteroatoms. The Bertz CT molecular complexity index is 518. The van der Waals surface area contributed by atoms with E-state index in [1.807, 2.05) is 12.1 Å². The normalized spacial score (nSPS) is 16.0. The molecule has 1 saturated carbocycles. The fourth-order valence-corrected chi connectivity index (χ4v) is 2.03. The van der Waals surface area contributed by atoms with E-state index >= 15 is 0 Å². The first-order valence-corrected chi connectivity index (χ1v) is 6.60. The van der Waals surface area contributed by atoms with E-state index in [1.165, 1.54) is 6.08 Å². The number of benzene rings is 1. The second kappa shape index (κ2) is 6.23. The summed E-state index contributed by atoms with van der Waals surface area (Å²) in [4.78, 5) is 22.5. The van der Waals surface area contributed by atoms with Crippen LogP contribution in [0.2, 0.25) is 0 Å². The van der Waals surface area contributed by atoms with Crippen molar-refractivity contribution in [3.8, 4) is 0 Å². The predicted octanol–water partition coefficient (Wildman–Crippen LogP) is 1.65. The Morgan fingerprint density at radius 3 is 2.55 bits per heavy atom. The molecule has 0 aliphatic heterocycles. The fourth-order valence-electron chi connectivity index (χ4n) is 2.03. The highest BCUT2D eigenvalue weighted by atomic mass is 16.4. The van der Waals surface area contributed by atoms with E-state index in [2.05, 4.69) is 5.32 Å². The molecule has 1 fully saturated rings.